The molecule has 3 rings (SSSR count). The van der Waals surface area contributed by atoms with Gasteiger partial charge < -0.3 is 19.7 Å². The molecule has 0 unspecified atom stereocenters. The number of hydrogen-bond acceptors (Lipinski definition) is 4. The number of para-hydroxylation sites is 2. The van der Waals surface area contributed by atoms with Crippen molar-refractivity contribution >= 4 is 17.5 Å². The Kier molecular flexibility index (Phi) is 5.53. The first-order valence-electron chi connectivity index (χ1n) is 8.53. The molecule has 2 aromatic rings. The minimum Gasteiger partial charge on any atom is -0.496 e. The van der Waals surface area contributed by atoms with Crippen molar-refractivity contribution in [2.45, 2.75) is 6.92 Å². The lowest BCUT2D eigenvalue weighted by molar-refractivity contribution is 0.0303. The molecular formula is C20H22N2O4. The summed E-state index contributed by atoms with van der Waals surface area (Å²) in [4.78, 5) is 27.3. The van der Waals surface area contributed by atoms with E-state index in [1.54, 1.807) is 41.3 Å². The molecule has 2 aromatic carbocycles. The van der Waals surface area contributed by atoms with E-state index in [2.05, 4.69) is 5.32 Å². The van der Waals surface area contributed by atoms with Gasteiger partial charge in [-0.15, -0.1) is 0 Å². The third-order valence-corrected chi connectivity index (χ3v) is 4.36. The number of anilines is 1. The van der Waals surface area contributed by atoms with Crippen LogP contribution in [0.25, 0.3) is 0 Å². The second-order valence-electron chi connectivity index (χ2n) is 6.06. The summed E-state index contributed by atoms with van der Waals surface area (Å²) in [7, 11) is 1.54. The second-order valence-corrected chi connectivity index (χ2v) is 6.06. The molecule has 136 valence electrons. The van der Waals surface area contributed by atoms with Crippen molar-refractivity contribution in [3.05, 3.63) is 59.2 Å². The summed E-state index contributed by atoms with van der Waals surface area (Å²) in [6.07, 6.45) is 0. The highest BCUT2D eigenvalue weighted by molar-refractivity contribution is 6.10. The lowest BCUT2D eigenvalue weighted by Crippen LogP contribution is -2.41. The summed E-state index contributed by atoms with van der Waals surface area (Å²) in [6, 6.07) is 12.4. The molecule has 1 N–H and O–H groups in total. The number of morpholine rings is 1. The number of aryl methyl sites for hydroxylation is 1. The average Bonchev–Trinajstić information content (AvgIpc) is 2.68. The lowest BCUT2D eigenvalue weighted by Gasteiger charge is -2.27. The van der Waals surface area contributed by atoms with E-state index < -0.39 is 0 Å². The van der Waals surface area contributed by atoms with Crippen LogP contribution in [0.1, 0.15) is 26.3 Å². The zero-order chi connectivity index (χ0) is 18.5. The Morgan fingerprint density at radius 2 is 1.73 bits per heavy atom. The number of ether oxygens (including phenoxy) is 2. The van der Waals surface area contributed by atoms with Gasteiger partial charge in [-0.3, -0.25) is 9.59 Å². The minimum absolute atomic E-state index is 0.111. The van der Waals surface area contributed by atoms with Gasteiger partial charge in [0, 0.05) is 13.1 Å². The van der Waals surface area contributed by atoms with Gasteiger partial charge in [-0.05, 0) is 30.7 Å². The van der Waals surface area contributed by atoms with Gasteiger partial charge in [-0.2, -0.15) is 0 Å². The van der Waals surface area contributed by atoms with Crippen LogP contribution in [-0.4, -0.2) is 50.1 Å². The standard InChI is InChI=1S/C20H22N2O4/c1-14-6-5-8-16(18(14)25-2)19(23)21-17-9-4-3-7-15(17)20(24)22-10-12-26-13-11-22/h3-9H,10-13H2,1-2H3,(H,21,23). The first kappa shape index (κ1) is 17.9. The zero-order valence-corrected chi connectivity index (χ0v) is 15.0. The number of benzene rings is 2. The predicted molar refractivity (Wildman–Crippen MR) is 98.8 cm³/mol. The first-order valence-corrected chi connectivity index (χ1v) is 8.53. The molecule has 0 spiro atoms. The Labute approximate surface area is 152 Å². The molecule has 26 heavy (non-hydrogen) atoms. The second kappa shape index (κ2) is 8.01. The van der Waals surface area contributed by atoms with E-state index >= 15 is 0 Å². The normalized spacial score (nSPS) is 14.0. The van der Waals surface area contributed by atoms with Gasteiger partial charge in [0.1, 0.15) is 5.75 Å². The largest absolute Gasteiger partial charge is 0.496 e. The molecule has 0 bridgehead atoms. The first-order chi connectivity index (χ1) is 12.6. The quantitative estimate of drug-likeness (QED) is 0.917. The van der Waals surface area contributed by atoms with E-state index in [1.807, 2.05) is 13.0 Å². The molecule has 0 saturated carbocycles. The summed E-state index contributed by atoms with van der Waals surface area (Å²) in [5.74, 6) is 0.107. The van der Waals surface area contributed by atoms with Crippen LogP contribution in [0.15, 0.2) is 42.5 Å². The predicted octanol–water partition coefficient (Wildman–Crippen LogP) is 2.73. The SMILES string of the molecule is COc1c(C)cccc1C(=O)Nc1ccccc1C(=O)N1CCOCC1. The molecule has 1 heterocycles. The molecular weight excluding hydrogens is 332 g/mol. The van der Waals surface area contributed by atoms with Gasteiger partial charge in [0.05, 0.1) is 37.1 Å². The van der Waals surface area contributed by atoms with Crippen LogP contribution in [0.4, 0.5) is 5.69 Å². The van der Waals surface area contributed by atoms with Gasteiger partial charge in [0.2, 0.25) is 0 Å². The van der Waals surface area contributed by atoms with Crippen molar-refractivity contribution in [2.75, 3.05) is 38.7 Å². The van der Waals surface area contributed by atoms with Crippen LogP contribution in [0.2, 0.25) is 0 Å². The van der Waals surface area contributed by atoms with E-state index in [-0.39, 0.29) is 11.8 Å². The number of methoxy groups -OCH3 is 1. The monoisotopic (exact) mass is 354 g/mol. The summed E-state index contributed by atoms with van der Waals surface area (Å²) >= 11 is 0. The Morgan fingerprint density at radius 1 is 1.04 bits per heavy atom. The fraction of sp³-hybridized carbons (Fsp3) is 0.300. The number of carbonyl (C=O) groups excluding carboxylic acids is 2. The molecule has 1 saturated heterocycles. The van der Waals surface area contributed by atoms with E-state index in [0.29, 0.717) is 48.9 Å². The Balaban J connectivity index is 1.86. The van der Waals surface area contributed by atoms with Crippen molar-refractivity contribution in [1.29, 1.82) is 0 Å². The number of amides is 2. The molecule has 0 aliphatic carbocycles. The zero-order valence-electron chi connectivity index (χ0n) is 15.0. The maximum Gasteiger partial charge on any atom is 0.259 e. The van der Waals surface area contributed by atoms with Crippen molar-refractivity contribution in [3.8, 4) is 5.75 Å². The molecule has 6 nitrogen and oxygen atoms in total. The highest BCUT2D eigenvalue weighted by Crippen LogP contribution is 2.25. The van der Waals surface area contributed by atoms with E-state index in [4.69, 9.17) is 9.47 Å². The van der Waals surface area contributed by atoms with Crippen molar-refractivity contribution in [1.82, 2.24) is 4.90 Å². The molecule has 1 fully saturated rings. The van der Waals surface area contributed by atoms with Crippen molar-refractivity contribution in [3.63, 3.8) is 0 Å². The molecule has 1 aliphatic heterocycles. The summed E-state index contributed by atoms with van der Waals surface area (Å²) < 4.78 is 10.7. The van der Waals surface area contributed by atoms with Gasteiger partial charge >= 0.3 is 0 Å². The minimum atomic E-state index is -0.312. The van der Waals surface area contributed by atoms with Gasteiger partial charge in [-0.1, -0.05) is 24.3 Å². The van der Waals surface area contributed by atoms with Crippen LogP contribution in [-0.2, 0) is 4.74 Å². The van der Waals surface area contributed by atoms with Crippen molar-refractivity contribution < 1.29 is 19.1 Å². The molecule has 0 aromatic heterocycles. The van der Waals surface area contributed by atoms with E-state index in [1.165, 1.54) is 7.11 Å². The number of rotatable bonds is 4. The van der Waals surface area contributed by atoms with Gasteiger partial charge in [0.15, 0.2) is 0 Å². The highest BCUT2D eigenvalue weighted by Gasteiger charge is 2.22. The maximum atomic E-state index is 12.8. The molecule has 0 radical (unpaired) electrons. The Hall–Kier alpha value is -2.86. The van der Waals surface area contributed by atoms with Crippen LogP contribution >= 0.6 is 0 Å². The Bertz CT molecular complexity index is 813. The molecule has 0 atom stereocenters. The number of hydrogen-bond donors (Lipinski definition) is 1. The molecule has 2 amide bonds. The number of nitrogens with zero attached hydrogens (tertiary/aromatic N) is 1. The van der Waals surface area contributed by atoms with Crippen LogP contribution in [0, 0.1) is 6.92 Å². The third-order valence-electron chi connectivity index (χ3n) is 4.36. The van der Waals surface area contributed by atoms with Gasteiger partial charge in [-0.25, -0.2) is 0 Å². The Morgan fingerprint density at radius 3 is 2.46 bits per heavy atom. The van der Waals surface area contributed by atoms with Crippen LogP contribution < -0.4 is 10.1 Å². The summed E-state index contributed by atoms with van der Waals surface area (Å²) in [5.41, 5.74) is 2.26. The van der Waals surface area contributed by atoms with E-state index in [9.17, 15) is 9.59 Å². The molecule has 6 heteroatoms. The number of nitrogens with one attached hydrogen (secondary N) is 1. The van der Waals surface area contributed by atoms with Gasteiger partial charge in [0.25, 0.3) is 11.8 Å². The van der Waals surface area contributed by atoms with Crippen molar-refractivity contribution in [2.24, 2.45) is 0 Å². The lowest BCUT2D eigenvalue weighted by atomic mass is 10.1. The topological polar surface area (TPSA) is 67.9 Å². The van der Waals surface area contributed by atoms with Crippen LogP contribution in [0.3, 0.4) is 0 Å². The average molecular weight is 354 g/mol. The third kappa shape index (κ3) is 3.70. The highest BCUT2D eigenvalue weighted by atomic mass is 16.5. The molecule has 1 aliphatic rings. The smallest absolute Gasteiger partial charge is 0.259 e. The fourth-order valence-electron chi connectivity index (χ4n) is 3.01. The summed E-state index contributed by atoms with van der Waals surface area (Å²) in [5, 5.41) is 2.85. The summed E-state index contributed by atoms with van der Waals surface area (Å²) in [6.45, 7) is 4.03. The number of carbonyl (C=O) groups is 2. The fourth-order valence-corrected chi connectivity index (χ4v) is 3.01. The van der Waals surface area contributed by atoms with Crippen LogP contribution in [0.5, 0.6) is 5.75 Å². The van der Waals surface area contributed by atoms with E-state index in [0.717, 1.165) is 5.56 Å². The maximum absolute atomic E-state index is 12.8.